The van der Waals surface area contributed by atoms with Crippen molar-refractivity contribution in [2.75, 3.05) is 9.80 Å². The maximum atomic E-state index is 2.35. The zero-order chi connectivity index (χ0) is 39.8. The van der Waals surface area contributed by atoms with Crippen molar-refractivity contribution in [1.82, 2.24) is 0 Å². The van der Waals surface area contributed by atoms with E-state index in [9.17, 15) is 0 Å². The third-order valence-electron chi connectivity index (χ3n) is 11.8. The van der Waals surface area contributed by atoms with Crippen molar-refractivity contribution in [1.29, 1.82) is 0 Å². The molecule has 0 saturated heterocycles. The zero-order valence-electron chi connectivity index (χ0n) is 33.0. The lowest BCUT2D eigenvalue weighted by Gasteiger charge is -2.27. The standard InChI is InChI=1S/C58H40N2/c1-3-17-47(18-4-1)59(49-31-27-43(28-32-49)55-23-11-15-41-13-7-9-21-53(41)55)51-35-37-57-45(39-51)25-26-46-40-52(36-38-58(46)57)60(48-19-5-2-6-20-48)50-33-29-44(30-34-50)56-24-12-16-42-14-8-10-22-54(42)56/h1-40H. The van der Waals surface area contributed by atoms with E-state index in [1.807, 2.05) is 0 Å². The van der Waals surface area contributed by atoms with Gasteiger partial charge in [-0.2, -0.15) is 0 Å². The molecule has 0 spiro atoms. The molecule has 2 nitrogen and oxygen atoms in total. The highest BCUT2D eigenvalue weighted by atomic mass is 15.1. The Bertz CT molecular complexity index is 3060. The minimum atomic E-state index is 1.11. The summed E-state index contributed by atoms with van der Waals surface area (Å²) in [5, 5.41) is 9.89. The summed E-state index contributed by atoms with van der Waals surface area (Å²) >= 11 is 0. The molecule has 0 saturated carbocycles. The van der Waals surface area contributed by atoms with Crippen molar-refractivity contribution in [3.63, 3.8) is 0 Å². The number of benzene rings is 11. The third kappa shape index (κ3) is 6.41. The largest absolute Gasteiger partial charge is 0.310 e. The minimum Gasteiger partial charge on any atom is -0.310 e. The summed E-state index contributed by atoms with van der Waals surface area (Å²) < 4.78 is 0. The molecule has 11 aromatic rings. The number of fused-ring (bicyclic) bond motifs is 5. The molecule has 0 aliphatic carbocycles. The van der Waals surface area contributed by atoms with Crippen LogP contribution in [0.25, 0.3) is 65.3 Å². The quantitative estimate of drug-likeness (QED) is 0.142. The highest BCUT2D eigenvalue weighted by molar-refractivity contribution is 6.10. The van der Waals surface area contributed by atoms with Crippen molar-refractivity contribution in [3.05, 3.63) is 243 Å². The third-order valence-corrected chi connectivity index (χ3v) is 11.8. The van der Waals surface area contributed by atoms with Crippen LogP contribution in [0.5, 0.6) is 0 Å². The molecule has 0 atom stereocenters. The number of para-hydroxylation sites is 2. The molecule has 0 aliphatic rings. The molecule has 0 radical (unpaired) electrons. The van der Waals surface area contributed by atoms with Gasteiger partial charge in [-0.15, -0.1) is 0 Å². The predicted octanol–water partition coefficient (Wildman–Crippen LogP) is 16.6. The van der Waals surface area contributed by atoms with Crippen LogP contribution in [0.2, 0.25) is 0 Å². The summed E-state index contributed by atoms with van der Waals surface area (Å²) in [5.74, 6) is 0. The molecule has 11 rings (SSSR count). The van der Waals surface area contributed by atoms with E-state index in [2.05, 4.69) is 252 Å². The summed E-state index contributed by atoms with van der Waals surface area (Å²) in [5.41, 5.74) is 11.6. The first-order valence-electron chi connectivity index (χ1n) is 20.6. The maximum Gasteiger partial charge on any atom is 0.0468 e. The topological polar surface area (TPSA) is 6.48 Å². The Hall–Kier alpha value is -7.94. The first kappa shape index (κ1) is 35.2. The lowest BCUT2D eigenvalue weighted by atomic mass is 9.97. The minimum absolute atomic E-state index is 1.11. The first-order chi connectivity index (χ1) is 29.7. The van der Waals surface area contributed by atoms with E-state index in [1.54, 1.807) is 0 Å². The second kappa shape index (κ2) is 15.1. The van der Waals surface area contributed by atoms with Crippen LogP contribution < -0.4 is 9.80 Å². The van der Waals surface area contributed by atoms with Crippen molar-refractivity contribution in [3.8, 4) is 22.3 Å². The van der Waals surface area contributed by atoms with Gasteiger partial charge in [-0.05, 0) is 138 Å². The average Bonchev–Trinajstić information content (AvgIpc) is 3.32. The van der Waals surface area contributed by atoms with Crippen LogP contribution in [-0.2, 0) is 0 Å². The van der Waals surface area contributed by atoms with Gasteiger partial charge in [0.05, 0.1) is 0 Å². The van der Waals surface area contributed by atoms with Gasteiger partial charge < -0.3 is 9.80 Å². The molecular weight excluding hydrogens is 725 g/mol. The van der Waals surface area contributed by atoms with E-state index in [0.29, 0.717) is 0 Å². The van der Waals surface area contributed by atoms with Crippen LogP contribution in [0.15, 0.2) is 243 Å². The van der Waals surface area contributed by atoms with E-state index in [-0.39, 0.29) is 0 Å². The first-order valence-corrected chi connectivity index (χ1v) is 20.6. The van der Waals surface area contributed by atoms with Gasteiger partial charge in [0, 0.05) is 34.1 Å². The second-order valence-corrected chi connectivity index (χ2v) is 15.4. The summed E-state index contributed by atoms with van der Waals surface area (Å²) in [4.78, 5) is 4.70. The summed E-state index contributed by atoms with van der Waals surface area (Å²) in [6.07, 6.45) is 0. The van der Waals surface area contributed by atoms with Gasteiger partial charge in [0.15, 0.2) is 0 Å². The van der Waals surface area contributed by atoms with E-state index >= 15 is 0 Å². The van der Waals surface area contributed by atoms with Crippen molar-refractivity contribution in [2.24, 2.45) is 0 Å². The van der Waals surface area contributed by atoms with Gasteiger partial charge in [0.2, 0.25) is 0 Å². The molecule has 0 unspecified atom stereocenters. The monoisotopic (exact) mass is 764 g/mol. The molecule has 0 heterocycles. The Labute approximate surface area is 350 Å². The van der Waals surface area contributed by atoms with Gasteiger partial charge in [-0.25, -0.2) is 0 Å². The van der Waals surface area contributed by atoms with E-state index in [4.69, 9.17) is 0 Å². The molecule has 0 N–H and O–H groups in total. The summed E-state index contributed by atoms with van der Waals surface area (Å²) in [6, 6.07) is 87.8. The lowest BCUT2D eigenvalue weighted by Crippen LogP contribution is -2.10. The molecule has 60 heavy (non-hydrogen) atoms. The summed E-state index contributed by atoms with van der Waals surface area (Å²) in [6.45, 7) is 0. The van der Waals surface area contributed by atoms with Crippen LogP contribution in [0.4, 0.5) is 34.1 Å². The maximum absolute atomic E-state index is 2.35. The van der Waals surface area contributed by atoms with Crippen LogP contribution in [0.3, 0.4) is 0 Å². The predicted molar refractivity (Wildman–Crippen MR) is 257 cm³/mol. The van der Waals surface area contributed by atoms with Crippen LogP contribution in [0.1, 0.15) is 0 Å². The molecule has 0 fully saturated rings. The Morgan fingerprint density at radius 2 is 0.550 bits per heavy atom. The zero-order valence-corrected chi connectivity index (χ0v) is 33.0. The van der Waals surface area contributed by atoms with Gasteiger partial charge >= 0.3 is 0 Å². The van der Waals surface area contributed by atoms with Crippen LogP contribution in [0, 0.1) is 0 Å². The molecule has 0 amide bonds. The number of rotatable bonds is 8. The van der Waals surface area contributed by atoms with Crippen molar-refractivity contribution >= 4 is 77.2 Å². The molecular formula is C58H40N2. The Morgan fingerprint density at radius 1 is 0.200 bits per heavy atom. The highest BCUT2D eigenvalue weighted by Crippen LogP contribution is 2.41. The summed E-state index contributed by atoms with van der Waals surface area (Å²) in [7, 11) is 0. The fourth-order valence-electron chi connectivity index (χ4n) is 8.91. The van der Waals surface area contributed by atoms with Gasteiger partial charge in [0.25, 0.3) is 0 Å². The van der Waals surface area contributed by atoms with Crippen molar-refractivity contribution < 1.29 is 0 Å². The smallest absolute Gasteiger partial charge is 0.0468 e. The molecule has 282 valence electrons. The SMILES string of the molecule is c1ccc(N(c2ccc(-c3cccc4ccccc34)cc2)c2ccc3c(ccc4cc(N(c5ccccc5)c5ccc(-c6cccc7ccccc67)cc5)ccc43)c2)cc1. The van der Waals surface area contributed by atoms with E-state index in [1.165, 1.54) is 65.3 Å². The highest BCUT2D eigenvalue weighted by Gasteiger charge is 2.17. The van der Waals surface area contributed by atoms with Gasteiger partial charge in [0.1, 0.15) is 0 Å². The molecule has 0 aromatic heterocycles. The number of anilines is 6. The average molecular weight is 765 g/mol. The number of hydrogen-bond acceptors (Lipinski definition) is 2. The van der Waals surface area contributed by atoms with E-state index < -0.39 is 0 Å². The number of nitrogens with zero attached hydrogens (tertiary/aromatic N) is 2. The fraction of sp³-hybridized carbons (Fsp3) is 0. The second-order valence-electron chi connectivity index (χ2n) is 15.4. The van der Waals surface area contributed by atoms with Gasteiger partial charge in [-0.1, -0.05) is 170 Å². The van der Waals surface area contributed by atoms with E-state index in [0.717, 1.165) is 34.1 Å². The number of hydrogen-bond donors (Lipinski definition) is 0. The molecule has 0 aliphatic heterocycles. The normalized spacial score (nSPS) is 11.3. The van der Waals surface area contributed by atoms with Crippen LogP contribution >= 0.6 is 0 Å². The lowest BCUT2D eigenvalue weighted by molar-refractivity contribution is 1.29. The molecule has 11 aromatic carbocycles. The Balaban J connectivity index is 0.951. The Morgan fingerprint density at radius 3 is 0.983 bits per heavy atom. The molecule has 2 heteroatoms. The van der Waals surface area contributed by atoms with Crippen LogP contribution in [-0.4, -0.2) is 0 Å². The van der Waals surface area contributed by atoms with Crippen molar-refractivity contribution in [2.45, 2.75) is 0 Å². The molecule has 0 bridgehead atoms. The van der Waals surface area contributed by atoms with Gasteiger partial charge in [-0.3, -0.25) is 0 Å². The Kier molecular flexibility index (Phi) is 8.87. The fourth-order valence-corrected chi connectivity index (χ4v) is 8.91.